The molecule has 0 unspecified atom stereocenters. The smallest absolute Gasteiger partial charge is 0.336 e. The molecule has 1 amide bonds. The molecule has 0 aliphatic rings. The van der Waals surface area contributed by atoms with Gasteiger partial charge in [0, 0.05) is 0 Å². The van der Waals surface area contributed by atoms with Crippen molar-refractivity contribution in [3.8, 4) is 12.3 Å². The van der Waals surface area contributed by atoms with Crippen LogP contribution in [0.4, 0.5) is 0 Å². The van der Waals surface area contributed by atoms with Gasteiger partial charge in [-0.05, 0) is 25.5 Å². The SMILES string of the molecule is C#C[C@](C)(CC)NC(=O)c1ccccc1C(=O)O. The van der Waals surface area contributed by atoms with Crippen LogP contribution in [0.1, 0.15) is 41.0 Å². The molecular weight excluding hydrogens is 230 g/mol. The largest absolute Gasteiger partial charge is 0.478 e. The molecule has 18 heavy (non-hydrogen) atoms. The topological polar surface area (TPSA) is 66.4 Å². The Morgan fingerprint density at radius 1 is 1.39 bits per heavy atom. The van der Waals surface area contributed by atoms with Gasteiger partial charge in [-0.3, -0.25) is 4.79 Å². The molecule has 1 aromatic rings. The van der Waals surface area contributed by atoms with Crippen LogP contribution in [0.5, 0.6) is 0 Å². The molecule has 0 fully saturated rings. The van der Waals surface area contributed by atoms with E-state index in [0.717, 1.165) is 0 Å². The van der Waals surface area contributed by atoms with Gasteiger partial charge in [0.05, 0.1) is 16.7 Å². The normalized spacial score (nSPS) is 13.2. The van der Waals surface area contributed by atoms with Crippen LogP contribution in [-0.4, -0.2) is 22.5 Å². The van der Waals surface area contributed by atoms with Crippen LogP contribution >= 0.6 is 0 Å². The average Bonchev–Trinajstić information content (AvgIpc) is 2.38. The van der Waals surface area contributed by atoms with Crippen molar-refractivity contribution < 1.29 is 14.7 Å². The lowest BCUT2D eigenvalue weighted by atomic mass is 9.98. The summed E-state index contributed by atoms with van der Waals surface area (Å²) in [5, 5.41) is 11.7. The number of carbonyl (C=O) groups is 2. The van der Waals surface area contributed by atoms with E-state index in [4.69, 9.17) is 11.5 Å². The molecule has 1 rings (SSSR count). The zero-order chi connectivity index (χ0) is 13.8. The van der Waals surface area contributed by atoms with Crippen molar-refractivity contribution in [2.75, 3.05) is 0 Å². The molecule has 0 bridgehead atoms. The number of benzene rings is 1. The van der Waals surface area contributed by atoms with Gasteiger partial charge in [0.25, 0.3) is 5.91 Å². The first-order valence-corrected chi connectivity index (χ1v) is 5.56. The maximum atomic E-state index is 12.0. The molecule has 0 radical (unpaired) electrons. The van der Waals surface area contributed by atoms with E-state index in [0.29, 0.717) is 6.42 Å². The summed E-state index contributed by atoms with van der Waals surface area (Å²) in [6, 6.07) is 6.03. The molecule has 2 N–H and O–H groups in total. The maximum absolute atomic E-state index is 12.0. The Morgan fingerprint density at radius 3 is 2.39 bits per heavy atom. The van der Waals surface area contributed by atoms with Crippen molar-refractivity contribution in [2.24, 2.45) is 0 Å². The first kappa shape index (κ1) is 13.8. The number of rotatable bonds is 4. The Kier molecular flexibility index (Phi) is 4.11. The van der Waals surface area contributed by atoms with Crippen molar-refractivity contribution in [3.63, 3.8) is 0 Å². The van der Waals surface area contributed by atoms with Gasteiger partial charge in [-0.25, -0.2) is 4.79 Å². The summed E-state index contributed by atoms with van der Waals surface area (Å²) in [4.78, 5) is 23.0. The summed E-state index contributed by atoms with van der Waals surface area (Å²) in [5.74, 6) is 0.882. The number of carboxylic acid groups (broad SMARTS) is 1. The summed E-state index contributed by atoms with van der Waals surface area (Å²) < 4.78 is 0. The molecule has 0 saturated carbocycles. The molecule has 0 aliphatic carbocycles. The minimum absolute atomic E-state index is 0.0366. The lowest BCUT2D eigenvalue weighted by Gasteiger charge is -2.23. The number of carbonyl (C=O) groups excluding carboxylic acids is 1. The number of terminal acetylenes is 1. The molecular formula is C14H15NO3. The third kappa shape index (κ3) is 2.89. The van der Waals surface area contributed by atoms with E-state index in [1.165, 1.54) is 12.1 Å². The van der Waals surface area contributed by atoms with Gasteiger partial charge < -0.3 is 10.4 Å². The van der Waals surface area contributed by atoms with E-state index in [1.807, 2.05) is 6.92 Å². The fraction of sp³-hybridized carbons (Fsp3) is 0.286. The van der Waals surface area contributed by atoms with Crippen LogP contribution in [0.25, 0.3) is 0 Å². The fourth-order valence-electron chi connectivity index (χ4n) is 1.41. The standard InChI is InChI=1S/C14H15NO3/c1-4-14(3,5-2)15-12(16)10-8-6-7-9-11(10)13(17)18/h1,6-9H,5H2,2-3H3,(H,15,16)(H,17,18)/t14-/m1/s1. The van der Waals surface area contributed by atoms with E-state index in [-0.39, 0.29) is 11.1 Å². The highest BCUT2D eigenvalue weighted by Gasteiger charge is 2.24. The van der Waals surface area contributed by atoms with E-state index in [2.05, 4.69) is 11.2 Å². The average molecular weight is 245 g/mol. The molecule has 4 heteroatoms. The van der Waals surface area contributed by atoms with Crippen LogP contribution in [0.2, 0.25) is 0 Å². The number of nitrogens with one attached hydrogen (secondary N) is 1. The highest BCUT2D eigenvalue weighted by Crippen LogP contribution is 2.13. The predicted molar refractivity (Wildman–Crippen MR) is 68.4 cm³/mol. The van der Waals surface area contributed by atoms with Crippen LogP contribution in [-0.2, 0) is 0 Å². The van der Waals surface area contributed by atoms with Gasteiger partial charge in [0.1, 0.15) is 0 Å². The number of carboxylic acids is 1. The molecule has 1 atom stereocenters. The van der Waals surface area contributed by atoms with Crippen molar-refractivity contribution in [1.29, 1.82) is 0 Å². The maximum Gasteiger partial charge on any atom is 0.336 e. The monoisotopic (exact) mass is 245 g/mol. The number of hydrogen-bond donors (Lipinski definition) is 2. The van der Waals surface area contributed by atoms with Crippen molar-refractivity contribution in [3.05, 3.63) is 35.4 Å². The Balaban J connectivity index is 3.06. The third-order valence-electron chi connectivity index (χ3n) is 2.82. The first-order valence-electron chi connectivity index (χ1n) is 5.56. The molecule has 0 aliphatic heterocycles. The summed E-state index contributed by atoms with van der Waals surface area (Å²) >= 11 is 0. The summed E-state index contributed by atoms with van der Waals surface area (Å²) in [5.41, 5.74) is -0.701. The molecule has 0 aromatic heterocycles. The van der Waals surface area contributed by atoms with Crippen LogP contribution < -0.4 is 5.32 Å². The van der Waals surface area contributed by atoms with E-state index >= 15 is 0 Å². The van der Waals surface area contributed by atoms with Crippen LogP contribution in [0.15, 0.2) is 24.3 Å². The second-order valence-corrected chi connectivity index (χ2v) is 4.13. The van der Waals surface area contributed by atoms with Crippen LogP contribution in [0, 0.1) is 12.3 Å². The quantitative estimate of drug-likeness (QED) is 0.796. The molecule has 94 valence electrons. The minimum Gasteiger partial charge on any atom is -0.478 e. The Bertz CT molecular complexity index is 516. The van der Waals surface area contributed by atoms with Gasteiger partial charge in [-0.15, -0.1) is 6.42 Å². The van der Waals surface area contributed by atoms with Gasteiger partial charge in [0.15, 0.2) is 0 Å². The zero-order valence-corrected chi connectivity index (χ0v) is 10.4. The van der Waals surface area contributed by atoms with Crippen molar-refractivity contribution >= 4 is 11.9 Å². The Hall–Kier alpha value is -2.28. The lowest BCUT2D eigenvalue weighted by molar-refractivity contribution is 0.0690. The first-order chi connectivity index (χ1) is 8.43. The highest BCUT2D eigenvalue weighted by atomic mass is 16.4. The second-order valence-electron chi connectivity index (χ2n) is 4.13. The van der Waals surface area contributed by atoms with E-state index in [1.54, 1.807) is 19.1 Å². The predicted octanol–water partition coefficient (Wildman–Crippen LogP) is 1.92. The Morgan fingerprint density at radius 2 is 1.94 bits per heavy atom. The molecule has 0 heterocycles. The third-order valence-corrected chi connectivity index (χ3v) is 2.82. The zero-order valence-electron chi connectivity index (χ0n) is 10.4. The molecule has 0 spiro atoms. The number of amides is 1. The molecule has 0 saturated heterocycles. The van der Waals surface area contributed by atoms with Crippen LogP contribution in [0.3, 0.4) is 0 Å². The Labute approximate surface area is 106 Å². The highest BCUT2D eigenvalue weighted by molar-refractivity contribution is 6.05. The second kappa shape index (κ2) is 5.37. The van der Waals surface area contributed by atoms with Gasteiger partial charge in [-0.2, -0.15) is 0 Å². The number of hydrogen-bond acceptors (Lipinski definition) is 2. The van der Waals surface area contributed by atoms with Crippen molar-refractivity contribution in [2.45, 2.75) is 25.8 Å². The van der Waals surface area contributed by atoms with E-state index < -0.39 is 17.4 Å². The summed E-state index contributed by atoms with van der Waals surface area (Å²) in [7, 11) is 0. The molecule has 1 aromatic carbocycles. The lowest BCUT2D eigenvalue weighted by Crippen LogP contribution is -2.44. The van der Waals surface area contributed by atoms with Gasteiger partial charge in [0.2, 0.25) is 0 Å². The van der Waals surface area contributed by atoms with E-state index in [9.17, 15) is 9.59 Å². The van der Waals surface area contributed by atoms with Gasteiger partial charge in [-0.1, -0.05) is 25.0 Å². The number of aromatic carboxylic acids is 1. The summed E-state index contributed by atoms with van der Waals surface area (Å²) in [6.07, 6.45) is 5.92. The fourth-order valence-corrected chi connectivity index (χ4v) is 1.41. The van der Waals surface area contributed by atoms with Crippen molar-refractivity contribution in [1.82, 2.24) is 5.32 Å². The summed E-state index contributed by atoms with van der Waals surface area (Å²) in [6.45, 7) is 3.57. The van der Waals surface area contributed by atoms with Gasteiger partial charge >= 0.3 is 5.97 Å². The molecule has 4 nitrogen and oxygen atoms in total. The minimum atomic E-state index is -1.14.